The lowest BCUT2D eigenvalue weighted by Crippen LogP contribution is -2.48. The summed E-state index contributed by atoms with van der Waals surface area (Å²) in [5, 5.41) is 12.0. The molecule has 1 amide bonds. The summed E-state index contributed by atoms with van der Waals surface area (Å²) < 4.78 is 70.1. The first kappa shape index (κ1) is 36.3. The molecule has 0 aliphatic carbocycles. The Bertz CT molecular complexity index is 1740. The van der Waals surface area contributed by atoms with Crippen LogP contribution in [0.15, 0.2) is 60.7 Å². The summed E-state index contributed by atoms with van der Waals surface area (Å²) in [4.78, 5) is 74.7. The number of carbonyl (C=O) groups is 6. The Balaban J connectivity index is 2.01. The number of hydrogen-bond acceptors (Lipinski definition) is 12. The molecule has 0 unspecified atom stereocenters. The van der Waals surface area contributed by atoms with E-state index in [9.17, 15) is 47.0 Å². The number of nitrogens with one attached hydrogen (secondary N) is 1. The molecule has 2 N–H and O–H groups in total. The molecule has 17 heteroatoms. The number of halogens is 3. The molecule has 254 valence electrons. The van der Waals surface area contributed by atoms with Crippen LogP contribution in [0.5, 0.6) is 23.0 Å². The summed E-state index contributed by atoms with van der Waals surface area (Å²) in [5.74, 6) is -8.16. The van der Waals surface area contributed by atoms with Crippen molar-refractivity contribution in [3.8, 4) is 23.0 Å². The summed E-state index contributed by atoms with van der Waals surface area (Å²) in [6.07, 6.45) is -9.89. The molecule has 2 atom stereocenters. The molecule has 3 aromatic carbocycles. The molecule has 0 aromatic heterocycles. The number of carboxylic acid groups (broad SMARTS) is 1. The van der Waals surface area contributed by atoms with E-state index < -0.39 is 65.4 Å². The molecule has 0 aliphatic rings. The summed E-state index contributed by atoms with van der Waals surface area (Å²) >= 11 is 0. The zero-order chi connectivity index (χ0) is 35.8. The van der Waals surface area contributed by atoms with Gasteiger partial charge in [0.2, 0.25) is 12.2 Å². The van der Waals surface area contributed by atoms with Gasteiger partial charge in [-0.3, -0.25) is 14.4 Å². The van der Waals surface area contributed by atoms with Crippen molar-refractivity contribution in [1.82, 2.24) is 0 Å². The van der Waals surface area contributed by atoms with E-state index >= 15 is 0 Å². The Labute approximate surface area is 269 Å². The molecule has 0 saturated heterocycles. The minimum atomic E-state index is -4.81. The molecule has 3 rings (SSSR count). The summed E-state index contributed by atoms with van der Waals surface area (Å²) in [6, 6.07) is 9.72. The van der Waals surface area contributed by atoms with Crippen LogP contribution in [0.25, 0.3) is 0 Å². The molecule has 0 saturated carbocycles. The number of methoxy groups -OCH3 is 2. The Morgan fingerprint density at radius 3 is 1.58 bits per heavy atom. The normalized spacial score (nSPS) is 12.1. The fraction of sp³-hybridized carbons (Fsp3) is 0.226. The van der Waals surface area contributed by atoms with Crippen molar-refractivity contribution >= 4 is 41.4 Å². The number of hydrogen-bond donors (Lipinski definition) is 2. The van der Waals surface area contributed by atoms with E-state index in [0.29, 0.717) is 12.1 Å². The van der Waals surface area contributed by atoms with Gasteiger partial charge in [-0.2, -0.15) is 13.2 Å². The Hall–Kier alpha value is -6.13. The third-order valence-corrected chi connectivity index (χ3v) is 6.01. The quantitative estimate of drug-likeness (QED) is 0.206. The topological polar surface area (TPSA) is 190 Å². The van der Waals surface area contributed by atoms with Crippen LogP contribution in [0, 0.1) is 0 Å². The highest BCUT2D eigenvalue weighted by Gasteiger charge is 2.41. The van der Waals surface area contributed by atoms with Crippen molar-refractivity contribution in [2.24, 2.45) is 0 Å². The van der Waals surface area contributed by atoms with Crippen molar-refractivity contribution in [2.45, 2.75) is 32.2 Å². The van der Waals surface area contributed by atoms with Gasteiger partial charge >= 0.3 is 36.0 Å². The first-order valence-electron chi connectivity index (χ1n) is 13.4. The van der Waals surface area contributed by atoms with E-state index in [4.69, 9.17) is 28.4 Å². The molecular weight excluding hydrogens is 651 g/mol. The summed E-state index contributed by atoms with van der Waals surface area (Å²) in [5.41, 5.74) is -2.35. The highest BCUT2D eigenvalue weighted by atomic mass is 19.4. The maximum Gasteiger partial charge on any atom is 0.416 e. The van der Waals surface area contributed by atoms with Crippen LogP contribution in [0.1, 0.15) is 40.1 Å². The molecule has 0 heterocycles. The third kappa shape index (κ3) is 9.44. The molecule has 0 radical (unpaired) electrons. The van der Waals surface area contributed by atoms with E-state index in [2.05, 4.69) is 0 Å². The smallest absolute Gasteiger partial charge is 0.416 e. The maximum absolute atomic E-state index is 13.4. The number of rotatable bonds is 12. The van der Waals surface area contributed by atoms with Crippen LogP contribution in [0.2, 0.25) is 0 Å². The number of benzene rings is 3. The first-order chi connectivity index (χ1) is 22.5. The zero-order valence-electron chi connectivity index (χ0n) is 25.4. The van der Waals surface area contributed by atoms with Crippen molar-refractivity contribution in [3.63, 3.8) is 0 Å². The lowest BCUT2D eigenvalue weighted by atomic mass is 10.1. The number of aliphatic carboxylic acids is 1. The lowest BCUT2D eigenvalue weighted by molar-refractivity contribution is -0.157. The lowest BCUT2D eigenvalue weighted by Gasteiger charge is -2.24. The fourth-order valence-corrected chi connectivity index (χ4v) is 3.92. The van der Waals surface area contributed by atoms with E-state index in [0.717, 1.165) is 62.4 Å². The maximum atomic E-state index is 13.4. The summed E-state index contributed by atoms with van der Waals surface area (Å²) in [6.45, 7) is 2.21. The molecule has 0 bridgehead atoms. The largest absolute Gasteiger partial charge is 0.493 e. The van der Waals surface area contributed by atoms with Gasteiger partial charge in [-0.15, -0.1) is 0 Å². The highest BCUT2D eigenvalue weighted by molar-refractivity contribution is 6.01. The van der Waals surface area contributed by atoms with E-state index in [1.54, 1.807) is 0 Å². The van der Waals surface area contributed by atoms with Gasteiger partial charge in [-0.1, -0.05) is 6.07 Å². The Kier molecular flexibility index (Phi) is 11.7. The average molecular weight is 678 g/mol. The van der Waals surface area contributed by atoms with Gasteiger partial charge in [0.05, 0.1) is 30.9 Å². The van der Waals surface area contributed by atoms with Crippen LogP contribution in [-0.4, -0.2) is 67.3 Å². The minimum absolute atomic E-state index is 0.0984. The number of carboxylic acids is 1. The van der Waals surface area contributed by atoms with Gasteiger partial charge < -0.3 is 38.8 Å². The first-order valence-corrected chi connectivity index (χ1v) is 13.4. The van der Waals surface area contributed by atoms with Crippen LogP contribution < -0.4 is 24.3 Å². The standard InChI is InChI=1S/C31H26F3NO13/c1-15(36)45-21-10-8-17(12-23(21)43-3)29(41)47-25(27(38)35-20-7-5-6-19(14-20)31(32,33)34)26(28(39)40)48-30(42)18-9-11-22(46-16(2)37)24(13-18)44-4/h5-14,25-26H,1-4H3,(H,35,38)(H,39,40)/t25-,26-/m1/s1. The fourth-order valence-electron chi connectivity index (χ4n) is 3.92. The average Bonchev–Trinajstić information content (AvgIpc) is 3.01. The minimum Gasteiger partial charge on any atom is -0.493 e. The number of amides is 1. The van der Waals surface area contributed by atoms with Gasteiger partial charge in [0, 0.05) is 19.5 Å². The second kappa shape index (κ2) is 15.4. The second-order valence-corrected chi connectivity index (χ2v) is 9.48. The monoisotopic (exact) mass is 677 g/mol. The van der Waals surface area contributed by atoms with Gasteiger partial charge in [-0.05, 0) is 54.6 Å². The van der Waals surface area contributed by atoms with Gasteiger partial charge in [0.15, 0.2) is 23.0 Å². The predicted molar refractivity (Wildman–Crippen MR) is 155 cm³/mol. The molecule has 3 aromatic rings. The van der Waals surface area contributed by atoms with Crippen molar-refractivity contribution in [3.05, 3.63) is 77.4 Å². The van der Waals surface area contributed by atoms with Gasteiger partial charge in [-0.25, -0.2) is 14.4 Å². The molecule has 0 aliphatic heterocycles. The van der Waals surface area contributed by atoms with Crippen LogP contribution in [0.4, 0.5) is 18.9 Å². The number of alkyl halides is 3. The Morgan fingerprint density at radius 1 is 0.688 bits per heavy atom. The third-order valence-electron chi connectivity index (χ3n) is 6.01. The Morgan fingerprint density at radius 2 is 1.17 bits per heavy atom. The second-order valence-electron chi connectivity index (χ2n) is 9.48. The molecule has 48 heavy (non-hydrogen) atoms. The predicted octanol–water partition coefficient (Wildman–Crippen LogP) is 4.05. The van der Waals surface area contributed by atoms with Crippen molar-refractivity contribution in [1.29, 1.82) is 0 Å². The van der Waals surface area contributed by atoms with Gasteiger partial charge in [0.25, 0.3) is 5.91 Å². The van der Waals surface area contributed by atoms with Crippen molar-refractivity contribution < 1.29 is 75.5 Å². The van der Waals surface area contributed by atoms with E-state index in [1.165, 1.54) is 14.2 Å². The molecular formula is C31H26F3NO13. The number of anilines is 1. The van der Waals surface area contributed by atoms with E-state index in [-0.39, 0.29) is 34.1 Å². The number of esters is 4. The zero-order valence-corrected chi connectivity index (χ0v) is 25.4. The molecule has 0 spiro atoms. The van der Waals surface area contributed by atoms with Crippen LogP contribution >= 0.6 is 0 Å². The SMILES string of the molecule is COc1cc(C(=O)O[C@@H](C(=O)O)[C@@H](OC(=O)c2ccc(OC(C)=O)c(OC)c2)C(=O)Nc2cccc(C(F)(F)F)c2)ccc1OC(C)=O. The highest BCUT2D eigenvalue weighted by Crippen LogP contribution is 2.32. The van der Waals surface area contributed by atoms with Crippen LogP contribution in [0.3, 0.4) is 0 Å². The van der Waals surface area contributed by atoms with E-state index in [1.807, 2.05) is 5.32 Å². The molecule has 0 fully saturated rings. The van der Waals surface area contributed by atoms with Gasteiger partial charge in [0.1, 0.15) is 0 Å². The number of carbonyl (C=O) groups excluding carboxylic acids is 5. The number of ether oxygens (including phenoxy) is 6. The molecule has 14 nitrogen and oxygen atoms in total. The summed E-state index contributed by atoms with van der Waals surface area (Å²) in [7, 11) is 2.36. The van der Waals surface area contributed by atoms with Crippen LogP contribution in [-0.2, 0) is 34.8 Å². The van der Waals surface area contributed by atoms with Crippen molar-refractivity contribution in [2.75, 3.05) is 19.5 Å².